The van der Waals surface area contributed by atoms with E-state index in [1.165, 1.54) is 55.0 Å². The van der Waals surface area contributed by atoms with Crippen LogP contribution in [0.2, 0.25) is 0 Å². The Morgan fingerprint density at radius 2 is 0.889 bits per heavy atom. The van der Waals surface area contributed by atoms with E-state index in [1.54, 1.807) is 0 Å². The topological polar surface area (TPSA) is 35.6 Å². The molecule has 4 nitrogen and oxygen atoms in total. The first-order chi connectivity index (χ1) is 26.4. The van der Waals surface area contributed by atoms with Crippen LogP contribution >= 0.6 is 0 Å². The van der Waals surface area contributed by atoms with Crippen LogP contribution in [0, 0.1) is 0 Å². The second-order valence-corrected chi connectivity index (χ2v) is 15.1. The van der Waals surface area contributed by atoms with E-state index >= 15 is 0 Å². The van der Waals surface area contributed by atoms with Crippen LogP contribution in [0.25, 0.3) is 88.9 Å². The standard InChI is InChI=1S/C50H38N4/c1-50(2,3)37-24-26-38(27-25-37)53-44-20-12-10-18-39(44)41-30-35(22-28-46(41)53)36-23-29-47-42(31-36)40-19-11-13-21-45(40)54(47)48-32-43(33-14-6-4-7-15-33)51-49(52-48)34-16-8-5-9-17-34/h4-32H,1-3H3. The van der Waals surface area contributed by atoms with Gasteiger partial charge < -0.3 is 4.57 Å². The Hall–Kier alpha value is -6.78. The normalized spacial score (nSPS) is 12.0. The van der Waals surface area contributed by atoms with Gasteiger partial charge in [0.2, 0.25) is 0 Å². The predicted octanol–water partition coefficient (Wildman–Crippen LogP) is 13.0. The van der Waals surface area contributed by atoms with Crippen molar-refractivity contribution in [1.29, 1.82) is 0 Å². The minimum atomic E-state index is 0.104. The zero-order chi connectivity index (χ0) is 36.4. The van der Waals surface area contributed by atoms with Gasteiger partial charge in [-0.05, 0) is 70.6 Å². The largest absolute Gasteiger partial charge is 0.309 e. The summed E-state index contributed by atoms with van der Waals surface area (Å²) >= 11 is 0. The summed E-state index contributed by atoms with van der Waals surface area (Å²) in [5.41, 5.74) is 12.5. The molecule has 54 heavy (non-hydrogen) atoms. The molecule has 4 heteroatoms. The molecule has 3 heterocycles. The smallest absolute Gasteiger partial charge is 0.162 e. The first-order valence-electron chi connectivity index (χ1n) is 18.6. The maximum atomic E-state index is 5.21. The second kappa shape index (κ2) is 12.4. The molecule has 0 N–H and O–H groups in total. The number of para-hydroxylation sites is 2. The van der Waals surface area contributed by atoms with Crippen molar-refractivity contribution in [2.45, 2.75) is 26.2 Å². The van der Waals surface area contributed by atoms with Gasteiger partial charge in [0.1, 0.15) is 5.82 Å². The molecular weight excluding hydrogens is 657 g/mol. The Kier molecular flexibility index (Phi) is 7.34. The number of benzene rings is 7. The minimum absolute atomic E-state index is 0.104. The molecule has 7 aromatic carbocycles. The zero-order valence-corrected chi connectivity index (χ0v) is 30.5. The van der Waals surface area contributed by atoms with Gasteiger partial charge in [0.25, 0.3) is 0 Å². The third-order valence-electron chi connectivity index (χ3n) is 10.7. The summed E-state index contributed by atoms with van der Waals surface area (Å²) in [5.74, 6) is 1.54. The van der Waals surface area contributed by atoms with Crippen LogP contribution in [0.1, 0.15) is 26.3 Å². The predicted molar refractivity (Wildman–Crippen MR) is 226 cm³/mol. The van der Waals surface area contributed by atoms with E-state index in [2.05, 4.69) is 182 Å². The van der Waals surface area contributed by atoms with Crippen LogP contribution in [0.5, 0.6) is 0 Å². The Morgan fingerprint density at radius 3 is 1.48 bits per heavy atom. The molecule has 0 atom stereocenters. The highest BCUT2D eigenvalue weighted by atomic mass is 15.1. The van der Waals surface area contributed by atoms with Crippen molar-refractivity contribution < 1.29 is 0 Å². The first kappa shape index (κ1) is 31.9. The fourth-order valence-electron chi connectivity index (χ4n) is 7.96. The maximum Gasteiger partial charge on any atom is 0.162 e. The molecule has 0 saturated carbocycles. The molecule has 0 spiro atoms. The van der Waals surface area contributed by atoms with Crippen molar-refractivity contribution in [3.05, 3.63) is 181 Å². The van der Waals surface area contributed by atoms with Gasteiger partial charge in [-0.2, -0.15) is 0 Å². The van der Waals surface area contributed by atoms with E-state index in [9.17, 15) is 0 Å². The third kappa shape index (κ3) is 5.30. The Labute approximate surface area is 314 Å². The number of hydrogen-bond acceptors (Lipinski definition) is 2. The summed E-state index contributed by atoms with van der Waals surface area (Å²) in [7, 11) is 0. The summed E-state index contributed by atoms with van der Waals surface area (Å²) < 4.78 is 4.68. The maximum absolute atomic E-state index is 5.21. The average Bonchev–Trinajstić information content (AvgIpc) is 3.73. The molecule has 10 aromatic rings. The molecular formula is C50H38N4. The molecule has 10 rings (SSSR count). The van der Waals surface area contributed by atoms with Gasteiger partial charge in [0.05, 0.1) is 27.8 Å². The van der Waals surface area contributed by atoms with Gasteiger partial charge >= 0.3 is 0 Å². The molecule has 0 saturated heterocycles. The highest BCUT2D eigenvalue weighted by Crippen LogP contribution is 2.39. The number of aromatic nitrogens is 4. The Morgan fingerprint density at radius 1 is 0.389 bits per heavy atom. The van der Waals surface area contributed by atoms with Crippen molar-refractivity contribution >= 4 is 43.6 Å². The minimum Gasteiger partial charge on any atom is -0.309 e. The van der Waals surface area contributed by atoms with E-state index in [0.717, 1.165) is 33.7 Å². The lowest BCUT2D eigenvalue weighted by molar-refractivity contribution is 0.590. The van der Waals surface area contributed by atoms with Crippen LogP contribution in [0.4, 0.5) is 0 Å². The number of fused-ring (bicyclic) bond motifs is 6. The zero-order valence-electron chi connectivity index (χ0n) is 30.5. The first-order valence-corrected chi connectivity index (χ1v) is 18.6. The van der Waals surface area contributed by atoms with E-state index in [4.69, 9.17) is 9.97 Å². The number of hydrogen-bond donors (Lipinski definition) is 0. The molecule has 0 aliphatic rings. The van der Waals surface area contributed by atoms with Crippen molar-refractivity contribution in [1.82, 2.24) is 19.1 Å². The van der Waals surface area contributed by atoms with E-state index in [0.29, 0.717) is 5.82 Å². The average molecular weight is 695 g/mol. The lowest BCUT2D eigenvalue weighted by atomic mass is 9.87. The lowest BCUT2D eigenvalue weighted by Crippen LogP contribution is -2.10. The fraction of sp³-hybridized carbons (Fsp3) is 0.0800. The van der Waals surface area contributed by atoms with Crippen LogP contribution in [0.3, 0.4) is 0 Å². The van der Waals surface area contributed by atoms with Crippen molar-refractivity contribution in [3.8, 4) is 45.3 Å². The molecule has 0 aliphatic carbocycles. The molecule has 258 valence electrons. The lowest BCUT2D eigenvalue weighted by Gasteiger charge is -2.19. The van der Waals surface area contributed by atoms with Gasteiger partial charge in [0.15, 0.2) is 5.82 Å². The van der Waals surface area contributed by atoms with Gasteiger partial charge in [-0.1, -0.05) is 142 Å². The highest BCUT2D eigenvalue weighted by molar-refractivity contribution is 6.12. The van der Waals surface area contributed by atoms with Gasteiger partial charge in [-0.3, -0.25) is 4.57 Å². The second-order valence-electron chi connectivity index (χ2n) is 15.1. The molecule has 3 aromatic heterocycles. The SMILES string of the molecule is CC(C)(C)c1ccc(-n2c3ccccc3c3cc(-c4ccc5c(c4)c4ccccc4n5-c4cc(-c5ccccc5)nc(-c5ccccc5)n4)ccc32)cc1. The summed E-state index contributed by atoms with van der Waals surface area (Å²) in [6.07, 6.45) is 0. The fourth-order valence-corrected chi connectivity index (χ4v) is 7.96. The van der Waals surface area contributed by atoms with Crippen LogP contribution < -0.4 is 0 Å². The molecule has 0 bridgehead atoms. The Bertz CT molecular complexity index is 2940. The van der Waals surface area contributed by atoms with E-state index < -0.39 is 0 Å². The van der Waals surface area contributed by atoms with Crippen LogP contribution in [-0.2, 0) is 5.41 Å². The highest BCUT2D eigenvalue weighted by Gasteiger charge is 2.19. The van der Waals surface area contributed by atoms with Crippen LogP contribution in [-0.4, -0.2) is 19.1 Å². The molecule has 0 unspecified atom stereocenters. The summed E-state index contributed by atoms with van der Waals surface area (Å²) in [4.78, 5) is 10.3. The van der Waals surface area contributed by atoms with Crippen molar-refractivity contribution in [2.24, 2.45) is 0 Å². The van der Waals surface area contributed by atoms with Crippen molar-refractivity contribution in [3.63, 3.8) is 0 Å². The van der Waals surface area contributed by atoms with Crippen molar-refractivity contribution in [2.75, 3.05) is 0 Å². The molecule has 0 fully saturated rings. The van der Waals surface area contributed by atoms with Gasteiger partial charge in [-0.15, -0.1) is 0 Å². The number of rotatable bonds is 5. The van der Waals surface area contributed by atoms with Crippen LogP contribution in [0.15, 0.2) is 176 Å². The van der Waals surface area contributed by atoms with Gasteiger partial charge in [-0.25, -0.2) is 9.97 Å². The quantitative estimate of drug-likeness (QED) is 0.180. The Balaban J connectivity index is 1.14. The van der Waals surface area contributed by atoms with E-state index in [-0.39, 0.29) is 5.41 Å². The molecule has 0 amide bonds. The number of nitrogens with zero attached hydrogens (tertiary/aromatic N) is 4. The summed E-state index contributed by atoms with van der Waals surface area (Å²) in [6.45, 7) is 6.79. The summed E-state index contributed by atoms with van der Waals surface area (Å²) in [5, 5.41) is 4.87. The third-order valence-corrected chi connectivity index (χ3v) is 10.7. The van der Waals surface area contributed by atoms with E-state index in [1.807, 2.05) is 24.3 Å². The molecule has 0 radical (unpaired) electrons. The van der Waals surface area contributed by atoms with Gasteiger partial charge in [0, 0.05) is 44.4 Å². The summed E-state index contributed by atoms with van der Waals surface area (Å²) in [6, 6.07) is 62.9. The monoisotopic (exact) mass is 694 g/mol. The molecule has 0 aliphatic heterocycles.